The van der Waals surface area contributed by atoms with Gasteiger partial charge in [-0.05, 0) is 55.7 Å². The van der Waals surface area contributed by atoms with Crippen LogP contribution in [0.2, 0.25) is 5.02 Å². The molecule has 0 unspecified atom stereocenters. The molecule has 0 aliphatic rings. The van der Waals surface area contributed by atoms with Crippen LogP contribution in [0.1, 0.15) is 16.8 Å². The van der Waals surface area contributed by atoms with Gasteiger partial charge in [0.05, 0.1) is 0 Å². The van der Waals surface area contributed by atoms with Crippen molar-refractivity contribution in [2.45, 2.75) is 20.3 Å². The molecular weight excluding hydrogens is 332 g/mol. The van der Waals surface area contributed by atoms with Crippen molar-refractivity contribution in [3.8, 4) is 0 Å². The van der Waals surface area contributed by atoms with Gasteiger partial charge < -0.3 is 10.6 Å². The number of halogens is 1. The molecule has 128 valence electrons. The molecule has 3 rings (SSSR count). The van der Waals surface area contributed by atoms with Gasteiger partial charge in [-0.1, -0.05) is 35.9 Å². The third kappa shape index (κ3) is 5.19. The van der Waals surface area contributed by atoms with Crippen molar-refractivity contribution in [2.24, 2.45) is 0 Å². The Morgan fingerprint density at radius 3 is 2.60 bits per heavy atom. The maximum atomic E-state index is 6.02. The van der Waals surface area contributed by atoms with Gasteiger partial charge in [-0.15, -0.1) is 0 Å². The Kier molecular flexibility index (Phi) is 5.51. The van der Waals surface area contributed by atoms with Crippen LogP contribution in [0.4, 0.5) is 17.5 Å². The summed E-state index contributed by atoms with van der Waals surface area (Å²) in [6.45, 7) is 4.80. The first-order chi connectivity index (χ1) is 12.1. The van der Waals surface area contributed by atoms with Gasteiger partial charge in [0, 0.05) is 29.0 Å². The number of hydrogen-bond donors (Lipinski definition) is 2. The first-order valence-corrected chi connectivity index (χ1v) is 8.64. The van der Waals surface area contributed by atoms with Crippen LogP contribution in [-0.4, -0.2) is 16.5 Å². The maximum Gasteiger partial charge on any atom is 0.229 e. The molecule has 0 radical (unpaired) electrons. The second kappa shape index (κ2) is 7.99. The number of rotatable bonds is 6. The normalized spacial score (nSPS) is 10.5. The summed E-state index contributed by atoms with van der Waals surface area (Å²) >= 11 is 6.02. The summed E-state index contributed by atoms with van der Waals surface area (Å²) < 4.78 is 0. The highest BCUT2D eigenvalue weighted by molar-refractivity contribution is 6.30. The molecule has 0 saturated carbocycles. The van der Waals surface area contributed by atoms with Crippen molar-refractivity contribution in [1.29, 1.82) is 0 Å². The molecule has 0 bridgehead atoms. The Hall–Kier alpha value is -2.59. The SMILES string of the molecule is Cc1cccc(Nc2nc(C)cc(NCCc3cccc(Cl)c3)n2)c1. The van der Waals surface area contributed by atoms with E-state index in [0.717, 1.165) is 35.2 Å². The van der Waals surface area contributed by atoms with E-state index in [9.17, 15) is 0 Å². The minimum Gasteiger partial charge on any atom is -0.370 e. The predicted octanol–water partition coefficient (Wildman–Crippen LogP) is 5.15. The third-order valence-electron chi connectivity index (χ3n) is 3.74. The Morgan fingerprint density at radius 1 is 0.960 bits per heavy atom. The van der Waals surface area contributed by atoms with E-state index in [4.69, 9.17) is 11.6 Å². The van der Waals surface area contributed by atoms with Gasteiger partial charge in [-0.2, -0.15) is 4.98 Å². The van der Waals surface area contributed by atoms with Crippen LogP contribution in [0.5, 0.6) is 0 Å². The number of nitrogens with one attached hydrogen (secondary N) is 2. The number of anilines is 3. The molecular formula is C20H21ClN4. The second-order valence-electron chi connectivity index (χ2n) is 6.02. The highest BCUT2D eigenvalue weighted by atomic mass is 35.5. The average molecular weight is 353 g/mol. The van der Waals surface area contributed by atoms with E-state index in [1.165, 1.54) is 11.1 Å². The quantitative estimate of drug-likeness (QED) is 0.644. The van der Waals surface area contributed by atoms with Crippen molar-refractivity contribution in [1.82, 2.24) is 9.97 Å². The van der Waals surface area contributed by atoms with Crippen LogP contribution in [-0.2, 0) is 6.42 Å². The number of aromatic nitrogens is 2. The summed E-state index contributed by atoms with van der Waals surface area (Å²) in [6, 6.07) is 18.0. The molecule has 0 aliphatic heterocycles. The van der Waals surface area contributed by atoms with Crippen molar-refractivity contribution in [3.05, 3.63) is 76.4 Å². The summed E-state index contributed by atoms with van der Waals surface area (Å²) in [5.74, 6) is 1.40. The first kappa shape index (κ1) is 17.2. The van der Waals surface area contributed by atoms with Gasteiger partial charge in [0.15, 0.2) is 0 Å². The van der Waals surface area contributed by atoms with Gasteiger partial charge in [0.25, 0.3) is 0 Å². The summed E-state index contributed by atoms with van der Waals surface area (Å²) in [7, 11) is 0. The molecule has 5 heteroatoms. The number of hydrogen-bond acceptors (Lipinski definition) is 4. The van der Waals surface area contributed by atoms with Crippen molar-refractivity contribution in [3.63, 3.8) is 0 Å². The molecule has 0 amide bonds. The van der Waals surface area contributed by atoms with E-state index in [2.05, 4.69) is 45.7 Å². The molecule has 0 fully saturated rings. The van der Waals surface area contributed by atoms with Crippen LogP contribution in [0.25, 0.3) is 0 Å². The van der Waals surface area contributed by atoms with E-state index >= 15 is 0 Å². The topological polar surface area (TPSA) is 49.8 Å². The summed E-state index contributed by atoms with van der Waals surface area (Å²) in [6.07, 6.45) is 0.879. The third-order valence-corrected chi connectivity index (χ3v) is 3.97. The van der Waals surface area contributed by atoms with Crippen LogP contribution in [0.3, 0.4) is 0 Å². The smallest absolute Gasteiger partial charge is 0.229 e. The van der Waals surface area contributed by atoms with E-state index in [-0.39, 0.29) is 0 Å². The summed E-state index contributed by atoms with van der Waals surface area (Å²) in [4.78, 5) is 9.00. The molecule has 0 spiro atoms. The van der Waals surface area contributed by atoms with Gasteiger partial charge in [-0.25, -0.2) is 4.98 Å². The number of aryl methyl sites for hydroxylation is 2. The molecule has 0 saturated heterocycles. The minimum absolute atomic E-state index is 0.593. The fourth-order valence-corrected chi connectivity index (χ4v) is 2.81. The lowest BCUT2D eigenvalue weighted by atomic mass is 10.1. The molecule has 2 aromatic carbocycles. The molecule has 4 nitrogen and oxygen atoms in total. The Labute approximate surface area is 153 Å². The van der Waals surface area contributed by atoms with E-state index in [1.54, 1.807) is 0 Å². The highest BCUT2D eigenvalue weighted by Crippen LogP contribution is 2.17. The second-order valence-corrected chi connectivity index (χ2v) is 6.46. The Morgan fingerprint density at radius 2 is 1.80 bits per heavy atom. The zero-order chi connectivity index (χ0) is 17.6. The molecule has 0 atom stereocenters. The predicted molar refractivity (Wildman–Crippen MR) is 105 cm³/mol. The first-order valence-electron chi connectivity index (χ1n) is 8.26. The Balaban J connectivity index is 1.65. The van der Waals surface area contributed by atoms with E-state index in [1.807, 2.05) is 43.3 Å². The lowest BCUT2D eigenvalue weighted by molar-refractivity contribution is 0.995. The summed E-state index contributed by atoms with van der Waals surface area (Å²) in [5, 5.41) is 7.38. The van der Waals surface area contributed by atoms with Crippen LogP contribution in [0.15, 0.2) is 54.6 Å². The molecule has 2 N–H and O–H groups in total. The van der Waals surface area contributed by atoms with Crippen molar-refractivity contribution in [2.75, 3.05) is 17.2 Å². The van der Waals surface area contributed by atoms with Crippen LogP contribution < -0.4 is 10.6 Å². The molecule has 1 aromatic heterocycles. The largest absolute Gasteiger partial charge is 0.370 e. The lowest BCUT2D eigenvalue weighted by Crippen LogP contribution is -2.08. The van der Waals surface area contributed by atoms with Crippen LogP contribution in [0, 0.1) is 13.8 Å². The monoisotopic (exact) mass is 352 g/mol. The molecule has 3 aromatic rings. The number of nitrogens with zero attached hydrogens (tertiary/aromatic N) is 2. The van der Waals surface area contributed by atoms with Crippen molar-refractivity contribution >= 4 is 29.1 Å². The van der Waals surface area contributed by atoms with Gasteiger partial charge in [0.1, 0.15) is 5.82 Å². The van der Waals surface area contributed by atoms with Gasteiger partial charge in [0.2, 0.25) is 5.95 Å². The number of benzene rings is 2. The zero-order valence-corrected chi connectivity index (χ0v) is 15.1. The highest BCUT2D eigenvalue weighted by Gasteiger charge is 2.03. The lowest BCUT2D eigenvalue weighted by Gasteiger charge is -2.10. The van der Waals surface area contributed by atoms with Crippen LogP contribution >= 0.6 is 11.6 Å². The Bertz CT molecular complexity index is 864. The van der Waals surface area contributed by atoms with Gasteiger partial charge in [-0.3, -0.25) is 0 Å². The molecule has 0 aliphatic carbocycles. The van der Waals surface area contributed by atoms with Gasteiger partial charge >= 0.3 is 0 Å². The van der Waals surface area contributed by atoms with E-state index in [0.29, 0.717) is 5.95 Å². The summed E-state index contributed by atoms with van der Waals surface area (Å²) in [5.41, 5.74) is 4.28. The zero-order valence-electron chi connectivity index (χ0n) is 14.4. The minimum atomic E-state index is 0.593. The maximum absolute atomic E-state index is 6.02. The van der Waals surface area contributed by atoms with Crippen molar-refractivity contribution < 1.29 is 0 Å². The van der Waals surface area contributed by atoms with E-state index < -0.39 is 0 Å². The standard InChI is InChI=1S/C20H21ClN4/c1-14-5-3-8-18(11-14)24-20-23-15(2)12-19(25-20)22-10-9-16-6-4-7-17(21)13-16/h3-8,11-13H,9-10H2,1-2H3,(H2,22,23,24,25). The fraction of sp³-hybridized carbons (Fsp3) is 0.200. The fourth-order valence-electron chi connectivity index (χ4n) is 2.59. The molecule has 25 heavy (non-hydrogen) atoms. The average Bonchev–Trinajstić information content (AvgIpc) is 2.54. The molecule has 1 heterocycles.